The third-order valence-electron chi connectivity index (χ3n) is 15.3. The highest BCUT2D eigenvalue weighted by Crippen LogP contribution is 2.26. The average molecular weight is 1130 g/mol. The number of allylic oxidation sites excluding steroid dienone is 11. The number of ether oxygens (including phenoxy) is 3. The minimum Gasteiger partial charge on any atom is -0.454 e. The largest absolute Gasteiger partial charge is 0.454 e. The van der Waals surface area contributed by atoms with E-state index in [-0.39, 0.29) is 19.4 Å². The van der Waals surface area contributed by atoms with E-state index in [4.69, 9.17) is 14.2 Å². The Labute approximate surface area is 490 Å². The summed E-state index contributed by atoms with van der Waals surface area (Å²) >= 11 is 0. The molecule has 0 aromatic rings. The van der Waals surface area contributed by atoms with Crippen LogP contribution < -0.4 is 5.32 Å². The molecule has 0 saturated carbocycles. The summed E-state index contributed by atoms with van der Waals surface area (Å²) < 4.78 is 17.6. The second-order valence-electron chi connectivity index (χ2n) is 22.8. The monoisotopic (exact) mass is 1130 g/mol. The van der Waals surface area contributed by atoms with Gasteiger partial charge in [-0.25, -0.2) is 0 Å². The van der Waals surface area contributed by atoms with E-state index in [1.54, 1.807) is 6.08 Å². The van der Waals surface area contributed by atoms with Gasteiger partial charge in [-0.2, -0.15) is 0 Å². The van der Waals surface area contributed by atoms with Gasteiger partial charge in [-0.3, -0.25) is 9.59 Å². The second-order valence-corrected chi connectivity index (χ2v) is 22.8. The second kappa shape index (κ2) is 56.6. The Bertz CT molecular complexity index is 1580. The Balaban J connectivity index is 2.65. The smallest absolute Gasteiger partial charge is 0.306 e. The maximum Gasteiger partial charge on any atom is 0.306 e. The molecule has 0 aromatic heterocycles. The van der Waals surface area contributed by atoms with Crippen molar-refractivity contribution in [3.8, 4) is 0 Å². The van der Waals surface area contributed by atoms with E-state index in [0.29, 0.717) is 12.8 Å². The lowest BCUT2D eigenvalue weighted by Crippen LogP contribution is -2.61. The van der Waals surface area contributed by atoms with Crippen LogP contribution in [0.3, 0.4) is 0 Å². The number of carbonyl (C=O) groups is 2. The number of aliphatic hydroxyl groups is 5. The van der Waals surface area contributed by atoms with Crippen LogP contribution in [-0.4, -0.2) is 99.6 Å². The van der Waals surface area contributed by atoms with Crippen LogP contribution in [0.4, 0.5) is 0 Å². The lowest BCUT2D eigenvalue weighted by molar-refractivity contribution is -0.305. The molecule has 1 rings (SSSR count). The molecule has 1 heterocycles. The number of esters is 1. The first kappa shape index (κ1) is 75.1. The first-order chi connectivity index (χ1) is 39.2. The van der Waals surface area contributed by atoms with Crippen molar-refractivity contribution in [1.29, 1.82) is 0 Å². The van der Waals surface area contributed by atoms with Crippen LogP contribution in [0.5, 0.6) is 0 Å². The van der Waals surface area contributed by atoms with Gasteiger partial charge in [0.05, 0.1) is 25.4 Å². The lowest BCUT2D eigenvalue weighted by Gasteiger charge is -2.41. The van der Waals surface area contributed by atoms with E-state index in [1.165, 1.54) is 148 Å². The summed E-state index contributed by atoms with van der Waals surface area (Å²) in [6, 6.07) is -1.03. The highest BCUT2D eigenvalue weighted by Gasteiger charge is 2.47. The fraction of sp³-hybridized carbons (Fsp3) is 0.797. The molecule has 1 aliphatic rings. The summed E-state index contributed by atoms with van der Waals surface area (Å²) in [5, 5.41) is 57.1. The maximum absolute atomic E-state index is 13.4. The number of nitrogens with one attached hydrogen (secondary N) is 1. The third-order valence-corrected chi connectivity index (χ3v) is 15.3. The zero-order valence-electron chi connectivity index (χ0n) is 51.4. The highest BCUT2D eigenvalue weighted by molar-refractivity contribution is 5.80. The minimum atomic E-state index is -1.62. The van der Waals surface area contributed by atoms with E-state index in [1.807, 2.05) is 6.08 Å². The maximum atomic E-state index is 13.4. The third kappa shape index (κ3) is 43.7. The molecule has 80 heavy (non-hydrogen) atoms. The fourth-order valence-corrected chi connectivity index (χ4v) is 10.0. The predicted octanol–water partition coefficient (Wildman–Crippen LogP) is 16.3. The number of hydrogen-bond acceptors (Lipinski definition) is 10. The Morgan fingerprint density at radius 1 is 0.487 bits per heavy atom. The number of amides is 1. The van der Waals surface area contributed by atoms with Gasteiger partial charge in [-0.15, -0.1) is 0 Å². The molecule has 1 aliphatic heterocycles. The predicted molar refractivity (Wildman–Crippen MR) is 333 cm³/mol. The quantitative estimate of drug-likeness (QED) is 0.0195. The number of unbranched alkanes of at least 4 members (excludes halogenated alkanes) is 32. The summed E-state index contributed by atoms with van der Waals surface area (Å²) in [6.07, 6.45) is 62.1. The van der Waals surface area contributed by atoms with Crippen molar-refractivity contribution in [3.05, 3.63) is 72.9 Å². The molecule has 0 aromatic carbocycles. The van der Waals surface area contributed by atoms with Gasteiger partial charge in [0.1, 0.15) is 24.4 Å². The van der Waals surface area contributed by atoms with Crippen molar-refractivity contribution in [3.63, 3.8) is 0 Å². The Morgan fingerprint density at radius 3 is 1.32 bits per heavy atom. The SMILES string of the molecule is CCCCC/C=C\C/C=C\C/C=C\C/C=C\CCCCCCCC(=O)OC1C(OCC(NC(=O)C(O)CCCCCCCCCC/C=C/CCCCCCCC)C(O)/C=C/CCCCCCCCCCCC)OC(CO)C(O)C1O. The van der Waals surface area contributed by atoms with Gasteiger partial charge < -0.3 is 45.1 Å². The van der Waals surface area contributed by atoms with E-state index >= 15 is 0 Å². The Kier molecular flexibility index (Phi) is 53.1. The van der Waals surface area contributed by atoms with Crippen LogP contribution in [0.2, 0.25) is 0 Å². The van der Waals surface area contributed by atoms with Crippen LogP contribution in [0.25, 0.3) is 0 Å². The van der Waals surface area contributed by atoms with E-state index < -0.39 is 67.4 Å². The van der Waals surface area contributed by atoms with Crippen LogP contribution in [0.1, 0.15) is 290 Å². The fourth-order valence-electron chi connectivity index (χ4n) is 10.0. The molecule has 1 saturated heterocycles. The summed E-state index contributed by atoms with van der Waals surface area (Å²) in [4.78, 5) is 26.6. The standard InChI is InChI=1S/C69H123NO10/c1-4-7-10-13-16-19-22-25-27-29-31-32-33-35-37-39-42-45-48-51-54-57-64(74)80-67-66(76)65(75)63(58-71)79-69(67)78-59-60(61(72)55-52-49-46-43-40-24-21-18-15-12-9-6-3)70-68(77)62(73)56-53-50-47-44-41-38-36-34-30-28-26-23-20-17-14-11-8-5-2/h16,19,25-28,31-32,35,37,52,55,60-63,65-67,69,71-73,75-76H,4-15,17-18,20-24,29-30,33-34,36,38-51,53-54,56-59H2,1-3H3,(H,70,77)/b19-16-,27-25-,28-26+,32-31-,37-35-,55-52+. The molecule has 0 radical (unpaired) electrons. The molecular formula is C69H123NO10. The topological polar surface area (TPSA) is 175 Å². The van der Waals surface area contributed by atoms with Crippen molar-refractivity contribution < 1.29 is 49.3 Å². The number of hydrogen-bond donors (Lipinski definition) is 6. The van der Waals surface area contributed by atoms with Gasteiger partial charge in [-0.1, -0.05) is 261 Å². The molecule has 1 amide bonds. The molecule has 11 nitrogen and oxygen atoms in total. The summed E-state index contributed by atoms with van der Waals surface area (Å²) in [5.41, 5.74) is 0. The molecule has 0 bridgehead atoms. The molecule has 0 aliphatic carbocycles. The Morgan fingerprint density at radius 2 is 0.863 bits per heavy atom. The zero-order chi connectivity index (χ0) is 58.2. The van der Waals surface area contributed by atoms with Crippen molar-refractivity contribution in [2.45, 2.75) is 339 Å². The molecule has 8 unspecified atom stereocenters. The van der Waals surface area contributed by atoms with Crippen LogP contribution in [-0.2, 0) is 23.8 Å². The van der Waals surface area contributed by atoms with Gasteiger partial charge in [0.25, 0.3) is 0 Å². The normalized spacial score (nSPS) is 19.2. The lowest BCUT2D eigenvalue weighted by atomic mass is 9.99. The van der Waals surface area contributed by atoms with E-state index in [0.717, 1.165) is 96.3 Å². The van der Waals surface area contributed by atoms with Gasteiger partial charge >= 0.3 is 5.97 Å². The first-order valence-electron chi connectivity index (χ1n) is 33.2. The van der Waals surface area contributed by atoms with Crippen LogP contribution in [0.15, 0.2) is 72.9 Å². The van der Waals surface area contributed by atoms with Crippen LogP contribution in [0, 0.1) is 0 Å². The van der Waals surface area contributed by atoms with Gasteiger partial charge in [0.15, 0.2) is 12.4 Å². The van der Waals surface area contributed by atoms with Crippen molar-refractivity contribution in [1.82, 2.24) is 5.32 Å². The minimum absolute atomic E-state index is 0.100. The highest BCUT2D eigenvalue weighted by atomic mass is 16.7. The van der Waals surface area contributed by atoms with Crippen molar-refractivity contribution in [2.75, 3.05) is 13.2 Å². The van der Waals surface area contributed by atoms with E-state index in [2.05, 4.69) is 86.8 Å². The summed E-state index contributed by atoms with van der Waals surface area (Å²) in [7, 11) is 0. The molecule has 8 atom stereocenters. The summed E-state index contributed by atoms with van der Waals surface area (Å²) in [5.74, 6) is -1.21. The molecule has 6 N–H and O–H groups in total. The molecular weight excluding hydrogens is 1000 g/mol. The summed E-state index contributed by atoms with van der Waals surface area (Å²) in [6.45, 7) is 5.76. The number of rotatable bonds is 56. The van der Waals surface area contributed by atoms with Gasteiger partial charge in [-0.05, 0) is 96.3 Å². The van der Waals surface area contributed by atoms with Gasteiger partial charge in [0, 0.05) is 6.42 Å². The average Bonchev–Trinajstić information content (AvgIpc) is 3.45. The van der Waals surface area contributed by atoms with Gasteiger partial charge in [0.2, 0.25) is 5.91 Å². The molecule has 0 spiro atoms. The molecule has 1 fully saturated rings. The number of carbonyl (C=O) groups excluding carboxylic acids is 2. The van der Waals surface area contributed by atoms with Crippen molar-refractivity contribution in [2.24, 2.45) is 0 Å². The molecule has 464 valence electrons. The van der Waals surface area contributed by atoms with Crippen LogP contribution >= 0.6 is 0 Å². The van der Waals surface area contributed by atoms with E-state index in [9.17, 15) is 35.1 Å². The zero-order valence-corrected chi connectivity index (χ0v) is 51.4. The Hall–Kier alpha value is -2.90. The molecule has 11 heteroatoms. The van der Waals surface area contributed by atoms with Crippen molar-refractivity contribution >= 4 is 11.9 Å². The first-order valence-corrected chi connectivity index (χ1v) is 33.2. The number of aliphatic hydroxyl groups excluding tert-OH is 5.